The molecule has 0 atom stereocenters. The van der Waals surface area contributed by atoms with Crippen molar-refractivity contribution in [2.24, 2.45) is 0 Å². The van der Waals surface area contributed by atoms with Crippen molar-refractivity contribution < 1.29 is 4.79 Å². The van der Waals surface area contributed by atoms with Gasteiger partial charge in [0.25, 0.3) is 0 Å². The van der Waals surface area contributed by atoms with Gasteiger partial charge in [0.05, 0.1) is 0 Å². The van der Waals surface area contributed by atoms with Crippen molar-refractivity contribution in [1.82, 2.24) is 5.32 Å². The van der Waals surface area contributed by atoms with Gasteiger partial charge in [0.15, 0.2) is 5.78 Å². The number of halogens is 1. The van der Waals surface area contributed by atoms with Crippen LogP contribution in [0, 0.1) is 3.57 Å². The minimum Gasteiger partial charge on any atom is -0.384 e. The van der Waals surface area contributed by atoms with Gasteiger partial charge in [-0.2, -0.15) is 0 Å². The third kappa shape index (κ3) is 3.07. The van der Waals surface area contributed by atoms with Gasteiger partial charge in [0, 0.05) is 28.3 Å². The molecule has 0 aliphatic heterocycles. The second-order valence-corrected chi connectivity index (χ2v) is 5.10. The highest BCUT2D eigenvalue weighted by molar-refractivity contribution is 14.1. The fraction of sp³-hybridized carbons (Fsp3) is 0.308. The van der Waals surface area contributed by atoms with Crippen LogP contribution in [-0.2, 0) is 11.3 Å². The molecule has 1 aromatic carbocycles. The zero-order valence-electron chi connectivity index (χ0n) is 9.00. The molecule has 0 heterocycles. The Balaban J connectivity index is 1.97. The van der Waals surface area contributed by atoms with Gasteiger partial charge in [-0.15, -0.1) is 0 Å². The van der Waals surface area contributed by atoms with Crippen LogP contribution < -0.4 is 5.32 Å². The molecule has 0 fully saturated rings. The quantitative estimate of drug-likeness (QED) is 0.865. The van der Waals surface area contributed by atoms with E-state index in [0.717, 1.165) is 25.1 Å². The molecule has 1 N–H and O–H groups in total. The lowest BCUT2D eigenvalue weighted by Crippen LogP contribution is -2.17. The number of nitrogens with one attached hydrogen (secondary N) is 1. The molecule has 0 unspecified atom stereocenters. The number of carbonyl (C=O) groups excluding carboxylic acids is 1. The highest BCUT2D eigenvalue weighted by Crippen LogP contribution is 2.15. The highest BCUT2D eigenvalue weighted by atomic mass is 127. The van der Waals surface area contributed by atoms with Crippen LogP contribution in [0.3, 0.4) is 0 Å². The van der Waals surface area contributed by atoms with E-state index in [2.05, 4.69) is 40.0 Å². The van der Waals surface area contributed by atoms with Crippen LogP contribution in [0.15, 0.2) is 36.0 Å². The van der Waals surface area contributed by atoms with E-state index >= 15 is 0 Å². The summed E-state index contributed by atoms with van der Waals surface area (Å²) in [5.41, 5.74) is 2.36. The van der Waals surface area contributed by atoms with Crippen molar-refractivity contribution in [2.45, 2.75) is 25.8 Å². The summed E-state index contributed by atoms with van der Waals surface area (Å²) in [6.07, 6.45) is 4.42. The largest absolute Gasteiger partial charge is 0.384 e. The average molecular weight is 327 g/mol. The molecule has 1 aromatic rings. The van der Waals surface area contributed by atoms with Crippen LogP contribution in [0.25, 0.3) is 0 Å². The fourth-order valence-corrected chi connectivity index (χ4v) is 2.36. The lowest BCUT2D eigenvalue weighted by Gasteiger charge is -2.14. The number of hydrogen-bond donors (Lipinski definition) is 1. The maximum atomic E-state index is 11.2. The van der Waals surface area contributed by atoms with Crippen molar-refractivity contribution in [3.05, 3.63) is 45.2 Å². The lowest BCUT2D eigenvalue weighted by atomic mass is 10.0. The summed E-state index contributed by atoms with van der Waals surface area (Å²) in [7, 11) is 0. The lowest BCUT2D eigenvalue weighted by molar-refractivity contribution is -0.115. The Morgan fingerprint density at radius 3 is 2.81 bits per heavy atom. The van der Waals surface area contributed by atoms with Crippen LogP contribution in [0.4, 0.5) is 0 Å². The summed E-state index contributed by atoms with van der Waals surface area (Å²) in [5, 5.41) is 3.34. The zero-order valence-corrected chi connectivity index (χ0v) is 11.2. The Labute approximate surface area is 109 Å². The van der Waals surface area contributed by atoms with Gasteiger partial charge in [-0.1, -0.05) is 18.2 Å². The summed E-state index contributed by atoms with van der Waals surface area (Å²) in [5.74, 6) is 0.247. The Morgan fingerprint density at radius 1 is 1.25 bits per heavy atom. The van der Waals surface area contributed by atoms with E-state index in [9.17, 15) is 4.79 Å². The smallest absolute Gasteiger partial charge is 0.157 e. The van der Waals surface area contributed by atoms with Gasteiger partial charge in [0.1, 0.15) is 0 Å². The molecule has 84 valence electrons. The molecule has 0 saturated heterocycles. The van der Waals surface area contributed by atoms with Gasteiger partial charge in [0.2, 0.25) is 0 Å². The van der Waals surface area contributed by atoms with Crippen LogP contribution >= 0.6 is 22.6 Å². The van der Waals surface area contributed by atoms with E-state index in [1.54, 1.807) is 6.08 Å². The predicted molar refractivity (Wildman–Crippen MR) is 72.9 cm³/mol. The minimum atomic E-state index is 0.247. The Kier molecular flexibility index (Phi) is 3.98. The number of rotatable bonds is 3. The maximum Gasteiger partial charge on any atom is 0.157 e. The number of carbonyl (C=O) groups is 1. The molecular formula is C13H14INO. The topological polar surface area (TPSA) is 29.1 Å². The number of benzene rings is 1. The van der Waals surface area contributed by atoms with Gasteiger partial charge in [-0.25, -0.2) is 0 Å². The molecule has 0 amide bonds. The van der Waals surface area contributed by atoms with Crippen molar-refractivity contribution >= 4 is 28.4 Å². The summed E-state index contributed by atoms with van der Waals surface area (Å²) in [6.45, 7) is 0.804. The molecule has 0 bridgehead atoms. The first kappa shape index (κ1) is 11.6. The van der Waals surface area contributed by atoms with E-state index < -0.39 is 0 Å². The second kappa shape index (κ2) is 5.48. The average Bonchev–Trinajstić information content (AvgIpc) is 2.28. The van der Waals surface area contributed by atoms with Crippen molar-refractivity contribution in [2.75, 3.05) is 0 Å². The van der Waals surface area contributed by atoms with Crippen molar-refractivity contribution in [1.29, 1.82) is 0 Å². The van der Waals surface area contributed by atoms with E-state index in [-0.39, 0.29) is 5.78 Å². The number of allylic oxidation sites excluding steroid dienone is 2. The van der Waals surface area contributed by atoms with E-state index in [1.807, 2.05) is 12.1 Å². The van der Waals surface area contributed by atoms with Crippen LogP contribution in [-0.4, -0.2) is 5.78 Å². The molecule has 0 radical (unpaired) electrons. The summed E-state index contributed by atoms with van der Waals surface area (Å²) in [6, 6.07) is 8.28. The van der Waals surface area contributed by atoms with Gasteiger partial charge < -0.3 is 5.32 Å². The first-order valence-corrected chi connectivity index (χ1v) is 6.54. The van der Waals surface area contributed by atoms with Crippen LogP contribution in [0.1, 0.15) is 24.8 Å². The van der Waals surface area contributed by atoms with E-state index in [1.165, 1.54) is 9.13 Å². The van der Waals surface area contributed by atoms with E-state index in [4.69, 9.17) is 0 Å². The number of hydrogen-bond acceptors (Lipinski definition) is 2. The molecule has 3 heteroatoms. The van der Waals surface area contributed by atoms with Gasteiger partial charge >= 0.3 is 0 Å². The molecular weight excluding hydrogens is 313 g/mol. The van der Waals surface area contributed by atoms with Crippen LogP contribution in [0.5, 0.6) is 0 Å². The Morgan fingerprint density at radius 2 is 2.06 bits per heavy atom. The standard InChI is InChI=1S/C13H14INO/c14-13-7-2-1-4-10(13)9-15-11-5-3-6-12(16)8-11/h1-2,4,7-8,15H,3,5-6,9H2. The van der Waals surface area contributed by atoms with Gasteiger partial charge in [-0.3, -0.25) is 4.79 Å². The third-order valence-electron chi connectivity index (χ3n) is 2.67. The Bertz CT molecular complexity index is 426. The fourth-order valence-electron chi connectivity index (χ4n) is 1.78. The van der Waals surface area contributed by atoms with E-state index in [0.29, 0.717) is 6.42 Å². The molecule has 1 aliphatic rings. The second-order valence-electron chi connectivity index (χ2n) is 3.93. The molecule has 2 nitrogen and oxygen atoms in total. The van der Waals surface area contributed by atoms with Crippen LogP contribution in [0.2, 0.25) is 0 Å². The highest BCUT2D eigenvalue weighted by Gasteiger charge is 2.09. The molecule has 0 aromatic heterocycles. The van der Waals surface area contributed by atoms with Crippen molar-refractivity contribution in [3.63, 3.8) is 0 Å². The van der Waals surface area contributed by atoms with Crippen molar-refractivity contribution in [3.8, 4) is 0 Å². The maximum absolute atomic E-state index is 11.2. The Hall–Kier alpha value is -0.840. The minimum absolute atomic E-state index is 0.247. The van der Waals surface area contributed by atoms with Gasteiger partial charge in [-0.05, 0) is 47.1 Å². The SMILES string of the molecule is O=C1C=C(NCc2ccccc2I)CCC1. The summed E-state index contributed by atoms with van der Waals surface area (Å²) >= 11 is 2.33. The predicted octanol–water partition coefficient (Wildman–Crippen LogP) is 3.02. The number of ketones is 1. The first-order valence-electron chi connectivity index (χ1n) is 5.46. The molecule has 2 rings (SSSR count). The summed E-state index contributed by atoms with van der Waals surface area (Å²) < 4.78 is 1.26. The zero-order chi connectivity index (χ0) is 11.4. The molecule has 1 aliphatic carbocycles. The monoisotopic (exact) mass is 327 g/mol. The molecule has 0 spiro atoms. The third-order valence-corrected chi connectivity index (χ3v) is 3.72. The normalized spacial score (nSPS) is 15.8. The summed E-state index contributed by atoms with van der Waals surface area (Å²) in [4.78, 5) is 11.2. The molecule has 16 heavy (non-hydrogen) atoms. The molecule has 0 saturated carbocycles. The first-order chi connectivity index (χ1) is 7.75.